The summed E-state index contributed by atoms with van der Waals surface area (Å²) in [6.07, 6.45) is -3.17. The van der Waals surface area contributed by atoms with Crippen molar-refractivity contribution >= 4 is 21.9 Å². The minimum absolute atomic E-state index is 0.107. The van der Waals surface area contributed by atoms with E-state index in [1.54, 1.807) is 0 Å². The highest BCUT2D eigenvalue weighted by Gasteiger charge is 2.20. The summed E-state index contributed by atoms with van der Waals surface area (Å²) in [5, 5.41) is 9.81. The first-order valence-electron chi connectivity index (χ1n) is 4.62. The van der Waals surface area contributed by atoms with Crippen molar-refractivity contribution in [3.05, 3.63) is 23.0 Å². The zero-order chi connectivity index (χ0) is 13.0. The third-order valence-corrected chi connectivity index (χ3v) is 2.63. The van der Waals surface area contributed by atoms with Gasteiger partial charge in [-0.3, -0.25) is 9.78 Å². The zero-order valence-electron chi connectivity index (χ0n) is 8.91. The molecule has 0 aromatic carbocycles. The Morgan fingerprint density at radius 3 is 2.76 bits per heavy atom. The second-order valence-electron chi connectivity index (χ2n) is 3.19. The Labute approximate surface area is 105 Å². The molecule has 1 aromatic heterocycles. The predicted molar refractivity (Wildman–Crippen MR) is 59.2 cm³/mol. The molecular weight excluding hydrogens is 300 g/mol. The van der Waals surface area contributed by atoms with Gasteiger partial charge in [-0.15, -0.1) is 0 Å². The summed E-state index contributed by atoms with van der Waals surface area (Å²) in [6, 6.07) is 1.09. The number of carbonyl (C=O) groups is 1. The quantitative estimate of drug-likeness (QED) is 0.685. The first-order valence-corrected chi connectivity index (χ1v) is 5.74. The molecule has 0 spiro atoms. The SMILES string of the molecule is COC(=O)Cc1nc(CBr)cc(C(F)F)c1O. The molecule has 0 saturated carbocycles. The third kappa shape index (κ3) is 3.36. The molecule has 0 bridgehead atoms. The Morgan fingerprint density at radius 2 is 2.29 bits per heavy atom. The predicted octanol–water partition coefficient (Wildman–Crippen LogP) is 2.34. The third-order valence-electron chi connectivity index (χ3n) is 2.06. The number of aromatic hydroxyl groups is 1. The first-order chi connectivity index (χ1) is 7.99. The second-order valence-corrected chi connectivity index (χ2v) is 3.75. The Bertz CT molecular complexity index is 426. The number of ether oxygens (including phenoxy) is 1. The first kappa shape index (κ1) is 13.8. The number of hydrogen-bond donors (Lipinski definition) is 1. The molecule has 0 unspecified atom stereocenters. The molecule has 0 amide bonds. The molecule has 1 heterocycles. The summed E-state index contributed by atoms with van der Waals surface area (Å²) < 4.78 is 29.6. The Balaban J connectivity index is 3.19. The average Bonchev–Trinajstić information content (AvgIpc) is 2.31. The topological polar surface area (TPSA) is 59.4 Å². The fourth-order valence-corrected chi connectivity index (χ4v) is 1.53. The van der Waals surface area contributed by atoms with Gasteiger partial charge in [0.25, 0.3) is 6.43 Å². The van der Waals surface area contributed by atoms with Crippen molar-refractivity contribution in [3.63, 3.8) is 0 Å². The standard InChI is InChI=1S/C10H10BrF2NO3/c1-17-8(15)3-7-9(16)6(10(12)13)2-5(4-11)14-7/h2,10,16H,3-4H2,1H3. The van der Waals surface area contributed by atoms with Crippen molar-refractivity contribution in [2.45, 2.75) is 18.2 Å². The van der Waals surface area contributed by atoms with Gasteiger partial charge in [0.05, 0.1) is 30.5 Å². The van der Waals surface area contributed by atoms with E-state index in [0.29, 0.717) is 5.69 Å². The Morgan fingerprint density at radius 1 is 1.65 bits per heavy atom. The summed E-state index contributed by atoms with van der Waals surface area (Å²) in [4.78, 5) is 14.9. The summed E-state index contributed by atoms with van der Waals surface area (Å²) in [7, 11) is 1.17. The van der Waals surface area contributed by atoms with Crippen LogP contribution in [0.1, 0.15) is 23.4 Å². The number of alkyl halides is 3. The average molecular weight is 310 g/mol. The monoisotopic (exact) mass is 309 g/mol. The minimum Gasteiger partial charge on any atom is -0.506 e. The number of nitrogens with zero attached hydrogens (tertiary/aromatic N) is 1. The number of rotatable bonds is 4. The van der Waals surface area contributed by atoms with E-state index in [4.69, 9.17) is 0 Å². The summed E-state index contributed by atoms with van der Waals surface area (Å²) in [5.41, 5.74) is -0.325. The Kier molecular flexibility index (Phi) is 4.80. The van der Waals surface area contributed by atoms with Crippen LogP contribution < -0.4 is 0 Å². The number of pyridine rings is 1. The van der Waals surface area contributed by atoms with Crippen LogP contribution in [-0.2, 0) is 21.3 Å². The number of halogens is 3. The molecule has 17 heavy (non-hydrogen) atoms. The van der Waals surface area contributed by atoms with E-state index in [1.165, 1.54) is 7.11 Å². The highest BCUT2D eigenvalue weighted by atomic mass is 79.9. The number of carbonyl (C=O) groups excluding carboxylic acids is 1. The van der Waals surface area contributed by atoms with Crippen LogP contribution in [0.2, 0.25) is 0 Å². The molecule has 0 atom stereocenters. The summed E-state index contributed by atoms with van der Waals surface area (Å²) in [6.45, 7) is 0. The highest BCUT2D eigenvalue weighted by Crippen LogP contribution is 2.31. The van der Waals surface area contributed by atoms with Gasteiger partial charge >= 0.3 is 5.97 Å². The molecule has 4 nitrogen and oxygen atoms in total. The molecule has 1 rings (SSSR count). The molecule has 94 valence electrons. The maximum atomic E-state index is 12.6. The van der Waals surface area contributed by atoms with Gasteiger partial charge in [-0.2, -0.15) is 0 Å². The molecule has 1 aromatic rings. The van der Waals surface area contributed by atoms with Crippen LogP contribution in [0.4, 0.5) is 8.78 Å². The largest absolute Gasteiger partial charge is 0.506 e. The molecule has 0 fully saturated rings. The molecule has 0 saturated heterocycles. The zero-order valence-corrected chi connectivity index (χ0v) is 10.5. The number of methoxy groups -OCH3 is 1. The number of aromatic nitrogens is 1. The van der Waals surface area contributed by atoms with Crippen molar-refractivity contribution in [1.29, 1.82) is 0 Å². The van der Waals surface area contributed by atoms with Crippen LogP contribution in [0, 0.1) is 0 Å². The minimum atomic E-state index is -2.83. The Hall–Kier alpha value is -1.24. The summed E-state index contributed by atoms with van der Waals surface area (Å²) in [5.74, 6) is -1.31. The van der Waals surface area contributed by atoms with Gasteiger partial charge in [0, 0.05) is 5.33 Å². The molecule has 7 heteroatoms. The molecule has 0 aliphatic heterocycles. The van der Waals surface area contributed by atoms with E-state index >= 15 is 0 Å². The number of hydrogen-bond acceptors (Lipinski definition) is 4. The lowest BCUT2D eigenvalue weighted by Crippen LogP contribution is -2.08. The van der Waals surface area contributed by atoms with Crippen molar-refractivity contribution in [2.24, 2.45) is 0 Å². The lowest BCUT2D eigenvalue weighted by Gasteiger charge is -2.10. The number of esters is 1. The van der Waals surface area contributed by atoms with Gasteiger partial charge in [-0.1, -0.05) is 15.9 Å². The van der Waals surface area contributed by atoms with Gasteiger partial charge in [-0.05, 0) is 6.07 Å². The molecule has 1 N–H and O–H groups in total. The summed E-state index contributed by atoms with van der Waals surface area (Å²) >= 11 is 3.08. The fraction of sp³-hybridized carbons (Fsp3) is 0.400. The maximum absolute atomic E-state index is 12.6. The van der Waals surface area contributed by atoms with E-state index < -0.39 is 23.7 Å². The van der Waals surface area contributed by atoms with Crippen LogP contribution in [0.3, 0.4) is 0 Å². The van der Waals surface area contributed by atoms with Crippen LogP contribution in [-0.4, -0.2) is 23.2 Å². The van der Waals surface area contributed by atoms with E-state index in [0.717, 1.165) is 6.07 Å². The van der Waals surface area contributed by atoms with Crippen LogP contribution >= 0.6 is 15.9 Å². The fourth-order valence-electron chi connectivity index (χ4n) is 1.24. The van der Waals surface area contributed by atoms with E-state index in [9.17, 15) is 18.7 Å². The maximum Gasteiger partial charge on any atom is 0.311 e. The van der Waals surface area contributed by atoms with Crippen LogP contribution in [0.25, 0.3) is 0 Å². The lowest BCUT2D eigenvalue weighted by atomic mass is 10.1. The van der Waals surface area contributed by atoms with Gasteiger partial charge in [-0.25, -0.2) is 8.78 Å². The van der Waals surface area contributed by atoms with Gasteiger partial charge < -0.3 is 9.84 Å². The molecule has 0 radical (unpaired) electrons. The van der Waals surface area contributed by atoms with Gasteiger partial charge in [0.2, 0.25) is 0 Å². The van der Waals surface area contributed by atoms with E-state index in [2.05, 4.69) is 25.7 Å². The highest BCUT2D eigenvalue weighted by molar-refractivity contribution is 9.08. The lowest BCUT2D eigenvalue weighted by molar-refractivity contribution is -0.139. The molecule has 0 aliphatic carbocycles. The van der Waals surface area contributed by atoms with Crippen molar-refractivity contribution in [1.82, 2.24) is 4.98 Å². The van der Waals surface area contributed by atoms with Crippen LogP contribution in [0.15, 0.2) is 6.07 Å². The van der Waals surface area contributed by atoms with E-state index in [-0.39, 0.29) is 17.4 Å². The van der Waals surface area contributed by atoms with Crippen molar-refractivity contribution in [2.75, 3.05) is 7.11 Å². The van der Waals surface area contributed by atoms with Crippen LogP contribution in [0.5, 0.6) is 5.75 Å². The van der Waals surface area contributed by atoms with Gasteiger partial charge in [0.1, 0.15) is 5.75 Å². The van der Waals surface area contributed by atoms with Gasteiger partial charge in [0.15, 0.2) is 0 Å². The smallest absolute Gasteiger partial charge is 0.311 e. The normalized spacial score (nSPS) is 10.6. The molecule has 0 aliphatic rings. The van der Waals surface area contributed by atoms with Crippen molar-refractivity contribution in [3.8, 4) is 5.75 Å². The van der Waals surface area contributed by atoms with Crippen molar-refractivity contribution < 1.29 is 23.4 Å². The second kappa shape index (κ2) is 5.90. The van der Waals surface area contributed by atoms with E-state index in [1.807, 2.05) is 0 Å². The molecular formula is C10H10BrF2NO3.